The summed E-state index contributed by atoms with van der Waals surface area (Å²) in [6.45, 7) is 2.42. The van der Waals surface area contributed by atoms with Gasteiger partial charge in [0.1, 0.15) is 18.1 Å². The largest absolute Gasteiger partial charge is 0.486 e. The molecule has 0 bridgehead atoms. The molecule has 118 valence electrons. The monoisotopic (exact) mass is 316 g/mol. The number of benzene rings is 2. The van der Waals surface area contributed by atoms with Gasteiger partial charge in [-0.05, 0) is 37.3 Å². The van der Waals surface area contributed by atoms with Gasteiger partial charge in [-0.2, -0.15) is 0 Å². The Hall–Kier alpha value is -3.21. The summed E-state index contributed by atoms with van der Waals surface area (Å²) in [6.07, 6.45) is 3.63. The van der Waals surface area contributed by atoms with Crippen molar-refractivity contribution in [2.24, 2.45) is 0 Å². The molecule has 2 aromatic heterocycles. The topological polar surface area (TPSA) is 52.8 Å². The van der Waals surface area contributed by atoms with Crippen LogP contribution in [0, 0.1) is 6.92 Å². The zero-order valence-corrected chi connectivity index (χ0v) is 13.3. The first-order valence-corrected chi connectivity index (χ1v) is 7.74. The minimum absolute atomic E-state index is 0.361. The Kier molecular flexibility index (Phi) is 3.67. The Morgan fingerprint density at radius 1 is 1.00 bits per heavy atom. The number of pyridine rings is 1. The fraction of sp³-hybridized carbons (Fsp3) is 0.105. The smallest absolute Gasteiger partial charge is 0.134 e. The third-order valence-electron chi connectivity index (χ3n) is 3.82. The highest BCUT2D eigenvalue weighted by atomic mass is 16.5. The lowest BCUT2D eigenvalue weighted by atomic mass is 10.2. The third kappa shape index (κ3) is 2.84. The van der Waals surface area contributed by atoms with Crippen LogP contribution in [0.1, 0.15) is 11.3 Å². The molecule has 0 amide bonds. The predicted molar refractivity (Wildman–Crippen MR) is 92.2 cm³/mol. The molecule has 0 radical (unpaired) electrons. The van der Waals surface area contributed by atoms with E-state index < -0.39 is 0 Å². The van der Waals surface area contributed by atoms with Crippen LogP contribution in [-0.2, 0) is 6.61 Å². The maximum Gasteiger partial charge on any atom is 0.134 e. The summed E-state index contributed by atoms with van der Waals surface area (Å²) >= 11 is 0. The van der Waals surface area contributed by atoms with Gasteiger partial charge < -0.3 is 4.74 Å². The van der Waals surface area contributed by atoms with Gasteiger partial charge in [-0.25, -0.2) is 4.68 Å². The number of ether oxygens (including phenoxy) is 1. The second kappa shape index (κ2) is 6.12. The molecule has 5 nitrogen and oxygen atoms in total. The van der Waals surface area contributed by atoms with E-state index in [4.69, 9.17) is 4.74 Å². The summed E-state index contributed by atoms with van der Waals surface area (Å²) in [5, 5.41) is 9.34. The van der Waals surface area contributed by atoms with E-state index in [1.165, 1.54) is 5.56 Å². The highest BCUT2D eigenvalue weighted by molar-refractivity contribution is 5.84. The lowest BCUT2D eigenvalue weighted by Crippen LogP contribution is -1.97. The lowest BCUT2D eigenvalue weighted by molar-refractivity contribution is 0.304. The van der Waals surface area contributed by atoms with Crippen molar-refractivity contribution in [1.29, 1.82) is 0 Å². The van der Waals surface area contributed by atoms with Gasteiger partial charge in [0.2, 0.25) is 0 Å². The van der Waals surface area contributed by atoms with Crippen molar-refractivity contribution < 1.29 is 4.74 Å². The molecule has 5 heteroatoms. The summed E-state index contributed by atoms with van der Waals surface area (Å²) in [4.78, 5) is 4.34. The van der Waals surface area contributed by atoms with Gasteiger partial charge in [0.05, 0.1) is 17.4 Å². The number of hydrogen-bond donors (Lipinski definition) is 0. The molecule has 0 aliphatic rings. The highest BCUT2D eigenvalue weighted by Crippen LogP contribution is 2.24. The Labute approximate surface area is 139 Å². The van der Waals surface area contributed by atoms with Gasteiger partial charge in [0, 0.05) is 11.6 Å². The number of rotatable bonds is 4. The first-order chi connectivity index (χ1) is 11.8. The maximum absolute atomic E-state index is 5.92. The molecular weight excluding hydrogens is 300 g/mol. The van der Waals surface area contributed by atoms with E-state index >= 15 is 0 Å². The fourth-order valence-electron chi connectivity index (χ4n) is 2.54. The van der Waals surface area contributed by atoms with Crippen molar-refractivity contribution in [1.82, 2.24) is 20.0 Å². The third-order valence-corrected chi connectivity index (χ3v) is 3.82. The molecule has 0 aliphatic heterocycles. The summed E-state index contributed by atoms with van der Waals surface area (Å²) in [6, 6.07) is 17.9. The zero-order chi connectivity index (χ0) is 16.4. The Bertz CT molecular complexity index is 971. The SMILES string of the molecule is Cc1ccc(-n2cc(COc3ccnc4ccccc34)nn2)cc1. The van der Waals surface area contributed by atoms with E-state index in [0.29, 0.717) is 6.61 Å². The predicted octanol–water partition coefficient (Wildman–Crippen LogP) is 3.70. The van der Waals surface area contributed by atoms with Crippen molar-refractivity contribution in [2.75, 3.05) is 0 Å². The molecule has 0 saturated carbocycles. The summed E-state index contributed by atoms with van der Waals surface area (Å²) in [7, 11) is 0. The van der Waals surface area contributed by atoms with Gasteiger partial charge >= 0.3 is 0 Å². The van der Waals surface area contributed by atoms with Gasteiger partial charge in [-0.1, -0.05) is 35.0 Å². The van der Waals surface area contributed by atoms with Crippen LogP contribution in [0.15, 0.2) is 67.0 Å². The molecule has 2 aromatic carbocycles. The van der Waals surface area contributed by atoms with E-state index in [-0.39, 0.29) is 0 Å². The summed E-state index contributed by atoms with van der Waals surface area (Å²) < 4.78 is 7.67. The molecule has 0 N–H and O–H groups in total. The van der Waals surface area contributed by atoms with Crippen molar-refractivity contribution in [3.63, 3.8) is 0 Å². The van der Waals surface area contributed by atoms with Gasteiger partial charge in [-0.15, -0.1) is 5.10 Å². The number of aryl methyl sites for hydroxylation is 1. The molecule has 0 unspecified atom stereocenters. The molecule has 0 aliphatic carbocycles. The quantitative estimate of drug-likeness (QED) is 0.576. The standard InChI is InChI=1S/C19H16N4O/c1-14-6-8-16(9-7-14)23-12-15(21-22-23)13-24-19-10-11-20-18-5-3-2-4-17(18)19/h2-12H,13H2,1H3. The molecule has 2 heterocycles. The normalized spacial score (nSPS) is 10.9. The minimum Gasteiger partial charge on any atom is -0.486 e. The van der Waals surface area contributed by atoms with Crippen LogP contribution in [-0.4, -0.2) is 20.0 Å². The van der Waals surface area contributed by atoms with Gasteiger partial charge in [0.15, 0.2) is 0 Å². The number of aromatic nitrogens is 4. The molecule has 0 atom stereocenters. The lowest BCUT2D eigenvalue weighted by Gasteiger charge is -2.07. The molecule has 0 spiro atoms. The van der Waals surface area contributed by atoms with Crippen molar-refractivity contribution >= 4 is 10.9 Å². The Morgan fingerprint density at radius 3 is 2.71 bits per heavy atom. The fourth-order valence-corrected chi connectivity index (χ4v) is 2.54. The number of hydrogen-bond acceptors (Lipinski definition) is 4. The van der Waals surface area contributed by atoms with Crippen LogP contribution in [0.4, 0.5) is 0 Å². The van der Waals surface area contributed by atoms with E-state index in [9.17, 15) is 0 Å². The van der Waals surface area contributed by atoms with Crippen LogP contribution in [0.5, 0.6) is 5.75 Å². The van der Waals surface area contributed by atoms with Crippen LogP contribution in [0.2, 0.25) is 0 Å². The summed E-state index contributed by atoms with van der Waals surface area (Å²) in [5.41, 5.74) is 3.88. The average molecular weight is 316 g/mol. The second-order valence-corrected chi connectivity index (χ2v) is 5.60. The molecule has 0 saturated heterocycles. The Morgan fingerprint density at radius 2 is 1.83 bits per heavy atom. The zero-order valence-electron chi connectivity index (χ0n) is 13.3. The van der Waals surface area contributed by atoms with Gasteiger partial charge in [-0.3, -0.25) is 4.98 Å². The van der Waals surface area contributed by atoms with Gasteiger partial charge in [0.25, 0.3) is 0 Å². The van der Waals surface area contributed by atoms with Crippen molar-refractivity contribution in [2.45, 2.75) is 13.5 Å². The van der Waals surface area contributed by atoms with Crippen LogP contribution < -0.4 is 4.74 Å². The Balaban J connectivity index is 1.53. The van der Waals surface area contributed by atoms with E-state index in [2.05, 4.69) is 34.4 Å². The second-order valence-electron chi connectivity index (χ2n) is 5.60. The number of para-hydroxylation sites is 1. The molecule has 0 fully saturated rings. The van der Waals surface area contributed by atoms with E-state index in [1.807, 2.05) is 48.7 Å². The summed E-state index contributed by atoms with van der Waals surface area (Å²) in [5.74, 6) is 0.797. The van der Waals surface area contributed by atoms with Crippen LogP contribution in [0.25, 0.3) is 16.6 Å². The van der Waals surface area contributed by atoms with Crippen LogP contribution in [0.3, 0.4) is 0 Å². The molecule has 4 aromatic rings. The number of fused-ring (bicyclic) bond motifs is 1. The molecule has 24 heavy (non-hydrogen) atoms. The maximum atomic E-state index is 5.92. The first-order valence-electron chi connectivity index (χ1n) is 7.74. The van der Waals surface area contributed by atoms with Crippen molar-refractivity contribution in [3.8, 4) is 11.4 Å². The first kappa shape index (κ1) is 14.4. The molecule has 4 rings (SSSR count). The average Bonchev–Trinajstić information content (AvgIpc) is 3.09. The highest BCUT2D eigenvalue weighted by Gasteiger charge is 2.06. The van der Waals surface area contributed by atoms with Crippen LogP contribution >= 0.6 is 0 Å². The minimum atomic E-state index is 0.361. The van der Waals surface area contributed by atoms with Crippen molar-refractivity contribution in [3.05, 3.63) is 78.2 Å². The van der Waals surface area contributed by atoms with E-state index in [0.717, 1.165) is 28.0 Å². The number of nitrogens with zero attached hydrogens (tertiary/aromatic N) is 4. The van der Waals surface area contributed by atoms with E-state index in [1.54, 1.807) is 10.9 Å². The molecular formula is C19H16N4O.